The first-order valence-corrected chi connectivity index (χ1v) is 6.39. The second-order valence-electron chi connectivity index (χ2n) is 4.56. The molecule has 0 aliphatic heterocycles. The Labute approximate surface area is 117 Å². The number of benzene rings is 2. The van der Waals surface area contributed by atoms with E-state index in [9.17, 15) is 0 Å². The van der Waals surface area contributed by atoms with E-state index in [0.717, 1.165) is 33.7 Å². The monoisotopic (exact) mass is 268 g/mol. The molecule has 0 unspecified atom stereocenters. The lowest BCUT2D eigenvalue weighted by Gasteiger charge is -2.09. The van der Waals surface area contributed by atoms with E-state index in [0.29, 0.717) is 6.61 Å². The van der Waals surface area contributed by atoms with Crippen molar-refractivity contribution in [3.05, 3.63) is 54.2 Å². The van der Waals surface area contributed by atoms with Crippen LogP contribution in [0, 0.1) is 0 Å². The van der Waals surface area contributed by atoms with Gasteiger partial charge < -0.3 is 20.2 Å². The first-order valence-electron chi connectivity index (χ1n) is 6.39. The molecule has 4 heteroatoms. The van der Waals surface area contributed by atoms with Gasteiger partial charge in [0.05, 0.1) is 7.11 Å². The Hall–Kier alpha value is -2.62. The van der Waals surface area contributed by atoms with E-state index in [-0.39, 0.29) is 0 Å². The summed E-state index contributed by atoms with van der Waals surface area (Å²) >= 11 is 0. The van der Waals surface area contributed by atoms with E-state index in [1.165, 1.54) is 0 Å². The van der Waals surface area contributed by atoms with Crippen LogP contribution >= 0.6 is 0 Å². The number of aromatic nitrogens is 1. The number of ether oxygens (including phenoxy) is 2. The molecule has 1 aromatic heterocycles. The summed E-state index contributed by atoms with van der Waals surface area (Å²) in [5.41, 5.74) is 8.70. The molecule has 20 heavy (non-hydrogen) atoms. The number of H-pyrrole nitrogens is 1. The molecule has 0 bridgehead atoms. The maximum absolute atomic E-state index is 5.83. The molecule has 4 nitrogen and oxygen atoms in total. The molecular formula is C16H16N2O2. The third kappa shape index (κ3) is 2.28. The van der Waals surface area contributed by atoms with E-state index in [1.807, 2.05) is 48.7 Å². The molecule has 0 radical (unpaired) electrons. The third-order valence-electron chi connectivity index (χ3n) is 3.24. The standard InChI is InChI=1S/C16H16N2O2/c1-19-15-4-2-3-5-16(15)20-10-11-9-18-14-7-6-12(17)8-13(11)14/h2-9,18H,10,17H2,1H3. The minimum atomic E-state index is 0.462. The molecule has 102 valence electrons. The summed E-state index contributed by atoms with van der Waals surface area (Å²) in [6, 6.07) is 13.4. The fraction of sp³-hybridized carbons (Fsp3) is 0.125. The number of fused-ring (bicyclic) bond motifs is 1. The van der Waals surface area contributed by atoms with Crippen LogP contribution in [0.3, 0.4) is 0 Å². The van der Waals surface area contributed by atoms with Crippen LogP contribution in [0.15, 0.2) is 48.7 Å². The minimum absolute atomic E-state index is 0.462. The number of rotatable bonds is 4. The Morgan fingerprint density at radius 2 is 1.90 bits per heavy atom. The summed E-state index contributed by atoms with van der Waals surface area (Å²) < 4.78 is 11.1. The molecule has 0 aliphatic rings. The van der Waals surface area contributed by atoms with Gasteiger partial charge in [0.15, 0.2) is 11.5 Å². The second-order valence-corrected chi connectivity index (χ2v) is 4.56. The summed E-state index contributed by atoms with van der Waals surface area (Å²) in [4.78, 5) is 3.21. The molecular weight excluding hydrogens is 252 g/mol. The number of nitrogen functional groups attached to an aromatic ring is 1. The predicted molar refractivity (Wildman–Crippen MR) is 80.0 cm³/mol. The maximum Gasteiger partial charge on any atom is 0.161 e. The van der Waals surface area contributed by atoms with Crippen molar-refractivity contribution in [1.29, 1.82) is 0 Å². The van der Waals surface area contributed by atoms with Gasteiger partial charge >= 0.3 is 0 Å². The van der Waals surface area contributed by atoms with Crippen LogP contribution in [0.4, 0.5) is 5.69 Å². The van der Waals surface area contributed by atoms with Crippen molar-refractivity contribution in [2.45, 2.75) is 6.61 Å². The highest BCUT2D eigenvalue weighted by Crippen LogP contribution is 2.28. The Balaban J connectivity index is 1.85. The lowest BCUT2D eigenvalue weighted by atomic mass is 10.1. The number of nitrogens with one attached hydrogen (secondary N) is 1. The van der Waals surface area contributed by atoms with Gasteiger partial charge in [0.25, 0.3) is 0 Å². The lowest BCUT2D eigenvalue weighted by molar-refractivity contribution is 0.285. The summed E-state index contributed by atoms with van der Waals surface area (Å²) in [6.07, 6.45) is 1.94. The summed E-state index contributed by atoms with van der Waals surface area (Å²) in [6.45, 7) is 0.462. The molecule has 0 aliphatic carbocycles. The molecule has 0 saturated heterocycles. The number of anilines is 1. The third-order valence-corrected chi connectivity index (χ3v) is 3.24. The van der Waals surface area contributed by atoms with Gasteiger partial charge in [-0.2, -0.15) is 0 Å². The average molecular weight is 268 g/mol. The lowest BCUT2D eigenvalue weighted by Crippen LogP contribution is -1.97. The zero-order valence-electron chi connectivity index (χ0n) is 11.2. The SMILES string of the molecule is COc1ccccc1OCc1c[nH]c2ccc(N)cc12. The number of hydrogen-bond donors (Lipinski definition) is 2. The van der Waals surface area contributed by atoms with Crippen LogP contribution in [0.1, 0.15) is 5.56 Å². The number of hydrogen-bond acceptors (Lipinski definition) is 3. The fourth-order valence-corrected chi connectivity index (χ4v) is 2.21. The smallest absolute Gasteiger partial charge is 0.161 e. The van der Waals surface area contributed by atoms with Crippen molar-refractivity contribution in [2.75, 3.05) is 12.8 Å². The molecule has 0 atom stereocenters. The average Bonchev–Trinajstić information content (AvgIpc) is 2.87. The highest BCUT2D eigenvalue weighted by atomic mass is 16.5. The van der Waals surface area contributed by atoms with Crippen LogP contribution in [-0.4, -0.2) is 12.1 Å². The van der Waals surface area contributed by atoms with E-state index >= 15 is 0 Å². The van der Waals surface area contributed by atoms with Gasteiger partial charge in [0.1, 0.15) is 6.61 Å². The summed E-state index contributed by atoms with van der Waals surface area (Å²) in [5.74, 6) is 1.46. The van der Waals surface area contributed by atoms with Crippen LogP contribution < -0.4 is 15.2 Å². The fourth-order valence-electron chi connectivity index (χ4n) is 2.21. The van der Waals surface area contributed by atoms with Gasteiger partial charge in [-0.15, -0.1) is 0 Å². The topological polar surface area (TPSA) is 60.3 Å². The van der Waals surface area contributed by atoms with Crippen molar-refractivity contribution < 1.29 is 9.47 Å². The van der Waals surface area contributed by atoms with Gasteiger partial charge in [-0.3, -0.25) is 0 Å². The molecule has 3 aromatic rings. The number of aromatic amines is 1. The zero-order chi connectivity index (χ0) is 13.9. The molecule has 0 saturated carbocycles. The van der Waals surface area contributed by atoms with Crippen molar-refractivity contribution in [3.63, 3.8) is 0 Å². The van der Waals surface area contributed by atoms with Gasteiger partial charge in [-0.25, -0.2) is 0 Å². The molecule has 0 spiro atoms. The summed E-state index contributed by atoms with van der Waals surface area (Å²) in [7, 11) is 1.63. The highest BCUT2D eigenvalue weighted by molar-refractivity contribution is 5.85. The van der Waals surface area contributed by atoms with Gasteiger partial charge in [0.2, 0.25) is 0 Å². The van der Waals surface area contributed by atoms with Gasteiger partial charge in [-0.1, -0.05) is 12.1 Å². The van der Waals surface area contributed by atoms with E-state index in [1.54, 1.807) is 7.11 Å². The van der Waals surface area contributed by atoms with Crippen LogP contribution in [0.5, 0.6) is 11.5 Å². The molecule has 3 N–H and O–H groups in total. The van der Waals surface area contributed by atoms with Crippen LogP contribution in [0.25, 0.3) is 10.9 Å². The zero-order valence-corrected chi connectivity index (χ0v) is 11.2. The predicted octanol–water partition coefficient (Wildman–Crippen LogP) is 3.34. The Morgan fingerprint density at radius 3 is 2.70 bits per heavy atom. The molecule has 0 fully saturated rings. The molecule has 1 heterocycles. The maximum atomic E-state index is 5.83. The second kappa shape index (κ2) is 5.17. The number of methoxy groups -OCH3 is 1. The highest BCUT2D eigenvalue weighted by Gasteiger charge is 2.07. The van der Waals surface area contributed by atoms with Crippen LogP contribution in [0.2, 0.25) is 0 Å². The van der Waals surface area contributed by atoms with Crippen LogP contribution in [-0.2, 0) is 6.61 Å². The first-order chi connectivity index (χ1) is 9.78. The van der Waals surface area contributed by atoms with Crippen molar-refractivity contribution in [2.24, 2.45) is 0 Å². The van der Waals surface area contributed by atoms with Crippen molar-refractivity contribution in [1.82, 2.24) is 4.98 Å². The van der Waals surface area contributed by atoms with Crippen molar-refractivity contribution >= 4 is 16.6 Å². The Kier molecular flexibility index (Phi) is 3.21. The molecule has 3 rings (SSSR count). The van der Waals surface area contributed by atoms with E-state index < -0.39 is 0 Å². The number of para-hydroxylation sites is 2. The van der Waals surface area contributed by atoms with E-state index in [2.05, 4.69) is 4.98 Å². The normalized spacial score (nSPS) is 10.7. The van der Waals surface area contributed by atoms with Crippen molar-refractivity contribution in [3.8, 4) is 11.5 Å². The summed E-state index contributed by atoms with van der Waals surface area (Å²) in [5, 5.41) is 1.08. The molecule has 2 aromatic carbocycles. The van der Waals surface area contributed by atoms with Gasteiger partial charge in [0, 0.05) is 28.4 Å². The Morgan fingerprint density at radius 1 is 1.10 bits per heavy atom. The number of nitrogens with two attached hydrogens (primary N) is 1. The molecule has 0 amide bonds. The quantitative estimate of drug-likeness (QED) is 0.713. The minimum Gasteiger partial charge on any atom is -0.493 e. The Bertz CT molecular complexity index is 734. The van der Waals surface area contributed by atoms with E-state index in [4.69, 9.17) is 15.2 Å². The largest absolute Gasteiger partial charge is 0.493 e. The van der Waals surface area contributed by atoms with Gasteiger partial charge in [-0.05, 0) is 30.3 Å². The first kappa shape index (κ1) is 12.4.